The van der Waals surface area contributed by atoms with Crippen molar-refractivity contribution in [3.63, 3.8) is 0 Å². The van der Waals surface area contributed by atoms with E-state index < -0.39 is 11.9 Å². The molecule has 180 valence electrons. The summed E-state index contributed by atoms with van der Waals surface area (Å²) in [4.78, 5) is 16.3. The van der Waals surface area contributed by atoms with Crippen molar-refractivity contribution in [2.75, 3.05) is 5.32 Å². The van der Waals surface area contributed by atoms with E-state index in [0.717, 1.165) is 48.8 Å². The van der Waals surface area contributed by atoms with Crippen LogP contribution in [0.15, 0.2) is 42.5 Å². The summed E-state index contributed by atoms with van der Waals surface area (Å²) in [7, 11) is 0. The largest absolute Gasteiger partial charge is 0.433 e. The Morgan fingerprint density at radius 1 is 0.941 bits per heavy atom. The molecular formula is C25H28F3N5O. The molecule has 1 amide bonds. The third-order valence-electron chi connectivity index (χ3n) is 6.06. The lowest BCUT2D eigenvalue weighted by atomic mass is 9.90. The van der Waals surface area contributed by atoms with Gasteiger partial charge in [0, 0.05) is 34.7 Å². The Labute approximate surface area is 196 Å². The molecule has 2 aromatic heterocycles. The van der Waals surface area contributed by atoms with Gasteiger partial charge in [0.1, 0.15) is 5.69 Å². The Morgan fingerprint density at radius 2 is 1.59 bits per heavy atom. The number of nitrogens with zero attached hydrogens (tertiary/aromatic N) is 3. The van der Waals surface area contributed by atoms with Crippen LogP contribution in [0.25, 0.3) is 5.69 Å². The first kappa shape index (κ1) is 23.8. The van der Waals surface area contributed by atoms with E-state index in [1.165, 1.54) is 0 Å². The van der Waals surface area contributed by atoms with Gasteiger partial charge in [-0.15, -0.1) is 0 Å². The molecule has 9 heteroatoms. The number of carbonyl (C=O) groups is 1. The Balaban J connectivity index is 1.31. The summed E-state index contributed by atoms with van der Waals surface area (Å²) >= 11 is 0. The smallest absolute Gasteiger partial charge is 0.382 e. The number of carbonyl (C=O) groups excluding carboxylic acids is 1. The van der Waals surface area contributed by atoms with Crippen LogP contribution >= 0.6 is 0 Å². The predicted octanol–water partition coefficient (Wildman–Crippen LogP) is 5.36. The third-order valence-corrected chi connectivity index (χ3v) is 6.06. The zero-order valence-corrected chi connectivity index (χ0v) is 19.4. The number of aromatic nitrogens is 3. The van der Waals surface area contributed by atoms with Crippen LogP contribution in [0.4, 0.5) is 18.9 Å². The van der Waals surface area contributed by atoms with Crippen molar-refractivity contribution in [1.29, 1.82) is 0 Å². The van der Waals surface area contributed by atoms with Crippen LogP contribution in [0.2, 0.25) is 0 Å². The molecule has 34 heavy (non-hydrogen) atoms. The van der Waals surface area contributed by atoms with Crippen LogP contribution in [0.3, 0.4) is 0 Å². The Morgan fingerprint density at radius 3 is 2.18 bits per heavy atom. The van der Waals surface area contributed by atoms with E-state index in [0.29, 0.717) is 16.9 Å². The lowest BCUT2D eigenvalue weighted by molar-refractivity contribution is -0.141. The molecule has 0 spiro atoms. The maximum Gasteiger partial charge on any atom is 0.433 e. The van der Waals surface area contributed by atoms with E-state index >= 15 is 0 Å². The van der Waals surface area contributed by atoms with E-state index in [2.05, 4.69) is 20.7 Å². The minimum atomic E-state index is -4.47. The summed E-state index contributed by atoms with van der Waals surface area (Å²) in [6.07, 6.45) is -1.46. The van der Waals surface area contributed by atoms with Crippen molar-refractivity contribution >= 4 is 11.6 Å². The Bertz CT molecular complexity index is 1160. The molecule has 0 bridgehead atoms. The summed E-state index contributed by atoms with van der Waals surface area (Å²) < 4.78 is 40.9. The van der Waals surface area contributed by atoms with Crippen LogP contribution in [0.1, 0.15) is 58.8 Å². The van der Waals surface area contributed by atoms with Gasteiger partial charge in [-0.2, -0.15) is 18.3 Å². The molecule has 1 aliphatic carbocycles. The first-order chi connectivity index (χ1) is 16.1. The number of pyridine rings is 1. The average molecular weight is 472 g/mol. The summed E-state index contributed by atoms with van der Waals surface area (Å²) in [5.41, 5.74) is 3.30. The van der Waals surface area contributed by atoms with Crippen molar-refractivity contribution in [1.82, 2.24) is 20.1 Å². The van der Waals surface area contributed by atoms with Gasteiger partial charge < -0.3 is 10.6 Å². The zero-order valence-electron chi connectivity index (χ0n) is 19.4. The highest BCUT2D eigenvalue weighted by molar-refractivity contribution is 5.94. The highest BCUT2D eigenvalue weighted by Gasteiger charge is 2.33. The first-order valence-electron chi connectivity index (χ1n) is 11.4. The van der Waals surface area contributed by atoms with Crippen molar-refractivity contribution in [2.24, 2.45) is 0 Å². The fraction of sp³-hybridized carbons (Fsp3) is 0.400. The number of benzene rings is 1. The summed E-state index contributed by atoms with van der Waals surface area (Å²) in [5.74, 6) is -0.129. The Kier molecular flexibility index (Phi) is 6.63. The molecule has 1 fully saturated rings. The normalized spacial score (nSPS) is 18.5. The number of halogens is 3. The van der Waals surface area contributed by atoms with Crippen molar-refractivity contribution in [2.45, 2.75) is 64.7 Å². The van der Waals surface area contributed by atoms with Gasteiger partial charge >= 0.3 is 6.18 Å². The van der Waals surface area contributed by atoms with Gasteiger partial charge in [0.25, 0.3) is 5.91 Å². The minimum absolute atomic E-state index is 0.0335. The predicted molar refractivity (Wildman–Crippen MR) is 124 cm³/mol. The fourth-order valence-electron chi connectivity index (χ4n) is 4.43. The number of anilines is 1. The van der Waals surface area contributed by atoms with Gasteiger partial charge in [-0.3, -0.25) is 4.79 Å². The van der Waals surface area contributed by atoms with E-state index in [1.807, 2.05) is 36.7 Å². The quantitative estimate of drug-likeness (QED) is 0.525. The molecule has 6 nitrogen and oxygen atoms in total. The lowest BCUT2D eigenvalue weighted by Crippen LogP contribution is -2.40. The van der Waals surface area contributed by atoms with Crippen molar-refractivity contribution < 1.29 is 18.0 Å². The summed E-state index contributed by atoms with van der Waals surface area (Å²) in [5, 5.41) is 10.7. The second kappa shape index (κ2) is 9.48. The number of hydrogen-bond acceptors (Lipinski definition) is 4. The zero-order chi connectivity index (χ0) is 24.5. The molecule has 1 aliphatic rings. The number of hydrogen-bond donors (Lipinski definition) is 2. The van der Waals surface area contributed by atoms with Crippen molar-refractivity contribution in [3.8, 4) is 5.69 Å². The summed E-state index contributed by atoms with van der Waals surface area (Å²) in [6.45, 7) is 5.47. The molecule has 2 N–H and O–H groups in total. The standard InChI is InChI=1S/C25H28F3N5O/c1-15-13-21(14-23(29-15)25(26,27)28)30-19-6-8-20(9-7-19)31-24(34)18-4-10-22(11-5-18)33-17(3)12-16(2)32-33/h4-5,10-14,19-20H,6-9H2,1-3H3,(H,29,30)(H,31,34). The molecule has 0 radical (unpaired) electrons. The molecule has 0 aliphatic heterocycles. The van der Waals surface area contributed by atoms with E-state index in [-0.39, 0.29) is 18.0 Å². The second-order valence-electron chi connectivity index (χ2n) is 8.93. The molecular weight excluding hydrogens is 443 g/mol. The summed E-state index contributed by atoms with van der Waals surface area (Å²) in [6, 6.07) is 12.1. The minimum Gasteiger partial charge on any atom is -0.382 e. The molecule has 0 atom stereocenters. The molecule has 1 aromatic carbocycles. The number of amides is 1. The molecule has 1 saturated carbocycles. The van der Waals surface area contributed by atoms with Gasteiger partial charge in [0.05, 0.1) is 11.4 Å². The van der Waals surface area contributed by atoms with E-state index in [1.54, 1.807) is 25.1 Å². The van der Waals surface area contributed by atoms with Crippen LogP contribution < -0.4 is 10.6 Å². The number of rotatable bonds is 5. The molecule has 2 heterocycles. The van der Waals surface area contributed by atoms with Crippen LogP contribution in [0, 0.1) is 20.8 Å². The van der Waals surface area contributed by atoms with Gasteiger partial charge in [-0.1, -0.05) is 0 Å². The maximum atomic E-state index is 13.0. The molecule has 0 saturated heterocycles. The molecule has 0 unspecified atom stereocenters. The lowest BCUT2D eigenvalue weighted by Gasteiger charge is -2.30. The van der Waals surface area contributed by atoms with Gasteiger partial charge in [-0.05, 0) is 88.9 Å². The number of alkyl halides is 3. The fourth-order valence-corrected chi connectivity index (χ4v) is 4.43. The Hall–Kier alpha value is -3.36. The SMILES string of the molecule is Cc1cc(NC2CCC(NC(=O)c3ccc(-n4nc(C)cc4C)cc3)CC2)cc(C(F)(F)F)n1. The molecule has 3 aromatic rings. The monoisotopic (exact) mass is 471 g/mol. The van der Waals surface area contributed by atoms with Gasteiger partial charge in [-0.25, -0.2) is 9.67 Å². The van der Waals surface area contributed by atoms with E-state index in [4.69, 9.17) is 0 Å². The van der Waals surface area contributed by atoms with Crippen molar-refractivity contribution in [3.05, 3.63) is 70.8 Å². The number of aryl methyl sites for hydroxylation is 3. The second-order valence-corrected chi connectivity index (χ2v) is 8.93. The first-order valence-corrected chi connectivity index (χ1v) is 11.4. The third kappa shape index (κ3) is 5.58. The van der Waals surface area contributed by atoms with Gasteiger partial charge in [0.15, 0.2) is 0 Å². The van der Waals surface area contributed by atoms with Crippen LogP contribution in [-0.2, 0) is 6.18 Å². The highest BCUT2D eigenvalue weighted by Crippen LogP contribution is 2.31. The average Bonchev–Trinajstić information content (AvgIpc) is 3.12. The van der Waals surface area contributed by atoms with Gasteiger partial charge in [0.2, 0.25) is 0 Å². The van der Waals surface area contributed by atoms with E-state index in [9.17, 15) is 18.0 Å². The number of nitrogens with one attached hydrogen (secondary N) is 2. The molecule has 4 rings (SSSR count). The maximum absolute atomic E-state index is 13.0. The highest BCUT2D eigenvalue weighted by atomic mass is 19.4. The van der Waals surface area contributed by atoms with Crippen LogP contribution in [-0.4, -0.2) is 32.8 Å². The van der Waals surface area contributed by atoms with Crippen LogP contribution in [0.5, 0.6) is 0 Å². The topological polar surface area (TPSA) is 71.8 Å².